The molecule has 0 aliphatic carbocycles. The van der Waals surface area contributed by atoms with Crippen molar-refractivity contribution in [2.45, 2.75) is 19.3 Å². The monoisotopic (exact) mass is 265 g/mol. The number of rotatable bonds is 1. The zero-order valence-corrected chi connectivity index (χ0v) is 11.4. The smallest absolute Gasteiger partial charge is 0.319 e. The second-order valence-corrected chi connectivity index (χ2v) is 5.24. The molecule has 0 radical (unpaired) electrons. The van der Waals surface area contributed by atoms with E-state index < -0.39 is 23.1 Å². The largest absolute Gasteiger partial charge is 0.468 e. The summed E-state index contributed by atoms with van der Waals surface area (Å²) in [6.07, 6.45) is 0. The van der Waals surface area contributed by atoms with Gasteiger partial charge < -0.3 is 9.64 Å². The zero-order valence-electron chi connectivity index (χ0n) is 11.4. The van der Waals surface area contributed by atoms with E-state index in [9.17, 15) is 14.0 Å². The Kier molecular flexibility index (Phi) is 3.08. The Morgan fingerprint density at radius 3 is 2.63 bits per heavy atom. The molecule has 1 aliphatic rings. The number of halogens is 1. The molecular formula is C14H16FNO3. The Labute approximate surface area is 111 Å². The summed E-state index contributed by atoms with van der Waals surface area (Å²) in [7, 11) is 2.82. The van der Waals surface area contributed by atoms with Crippen LogP contribution in [0, 0.1) is 11.7 Å². The van der Waals surface area contributed by atoms with E-state index in [4.69, 9.17) is 4.74 Å². The first-order valence-corrected chi connectivity index (χ1v) is 5.96. The number of fused-ring (bicyclic) bond motifs is 1. The normalized spacial score (nSPS) is 21.0. The van der Waals surface area contributed by atoms with E-state index in [0.29, 0.717) is 11.3 Å². The number of benzene rings is 1. The lowest BCUT2D eigenvalue weighted by Crippen LogP contribution is -2.51. The first-order valence-electron chi connectivity index (χ1n) is 5.96. The SMILES string of the molecule is COC(=O)C1C(=O)N(C)c2ccc(F)cc2C1(C)C. The van der Waals surface area contributed by atoms with Gasteiger partial charge in [-0.05, 0) is 23.8 Å². The Bertz CT molecular complexity index is 554. The number of hydrogen-bond acceptors (Lipinski definition) is 3. The van der Waals surface area contributed by atoms with Crippen molar-refractivity contribution in [2.75, 3.05) is 19.1 Å². The second-order valence-electron chi connectivity index (χ2n) is 5.24. The number of carbonyl (C=O) groups excluding carboxylic acids is 2. The number of carbonyl (C=O) groups is 2. The highest BCUT2D eigenvalue weighted by Gasteiger charge is 2.49. The summed E-state index contributed by atoms with van der Waals surface area (Å²) in [6.45, 7) is 3.50. The van der Waals surface area contributed by atoms with Gasteiger partial charge in [-0.3, -0.25) is 9.59 Å². The van der Waals surface area contributed by atoms with Crippen LogP contribution >= 0.6 is 0 Å². The van der Waals surface area contributed by atoms with Crippen LogP contribution in [0.5, 0.6) is 0 Å². The number of nitrogens with zero attached hydrogens (tertiary/aromatic N) is 1. The molecule has 1 heterocycles. The molecule has 2 rings (SSSR count). The first-order chi connectivity index (χ1) is 8.80. The number of methoxy groups -OCH3 is 1. The Morgan fingerprint density at radius 2 is 2.05 bits per heavy atom. The topological polar surface area (TPSA) is 46.6 Å². The lowest BCUT2D eigenvalue weighted by molar-refractivity contribution is -0.152. The fraction of sp³-hybridized carbons (Fsp3) is 0.429. The lowest BCUT2D eigenvalue weighted by atomic mass is 9.69. The van der Waals surface area contributed by atoms with E-state index in [0.717, 1.165) is 0 Å². The van der Waals surface area contributed by atoms with Crippen molar-refractivity contribution in [3.05, 3.63) is 29.6 Å². The minimum Gasteiger partial charge on any atom is -0.468 e. The summed E-state index contributed by atoms with van der Waals surface area (Å²) in [5.41, 5.74) is 0.440. The zero-order chi connectivity index (χ0) is 14.4. The summed E-state index contributed by atoms with van der Waals surface area (Å²) >= 11 is 0. The van der Waals surface area contributed by atoms with Gasteiger partial charge in [-0.25, -0.2) is 4.39 Å². The van der Waals surface area contributed by atoms with Crippen molar-refractivity contribution in [1.82, 2.24) is 0 Å². The maximum absolute atomic E-state index is 13.5. The Hall–Kier alpha value is -1.91. The highest BCUT2D eigenvalue weighted by molar-refractivity contribution is 6.09. The van der Waals surface area contributed by atoms with Crippen molar-refractivity contribution in [2.24, 2.45) is 5.92 Å². The molecule has 1 atom stereocenters. The quantitative estimate of drug-likeness (QED) is 0.575. The molecule has 0 fully saturated rings. The number of amides is 1. The minimum atomic E-state index is -0.961. The van der Waals surface area contributed by atoms with E-state index in [-0.39, 0.29) is 5.91 Å². The van der Waals surface area contributed by atoms with Crippen molar-refractivity contribution in [3.63, 3.8) is 0 Å². The molecule has 0 bridgehead atoms. The Balaban J connectivity index is 2.66. The molecule has 19 heavy (non-hydrogen) atoms. The number of ether oxygens (including phenoxy) is 1. The van der Waals surface area contributed by atoms with Crippen LogP contribution in [0.1, 0.15) is 19.4 Å². The fourth-order valence-corrected chi connectivity index (χ4v) is 2.61. The van der Waals surface area contributed by atoms with Gasteiger partial charge in [0.2, 0.25) is 5.91 Å². The van der Waals surface area contributed by atoms with E-state index in [1.165, 1.54) is 24.1 Å². The molecule has 4 nitrogen and oxygen atoms in total. The maximum Gasteiger partial charge on any atom is 0.319 e. The van der Waals surface area contributed by atoms with Gasteiger partial charge in [0, 0.05) is 18.2 Å². The van der Waals surface area contributed by atoms with Gasteiger partial charge in [-0.15, -0.1) is 0 Å². The second kappa shape index (κ2) is 4.33. The highest BCUT2D eigenvalue weighted by atomic mass is 19.1. The minimum absolute atomic E-state index is 0.337. The number of anilines is 1. The van der Waals surface area contributed by atoms with Gasteiger partial charge in [0.05, 0.1) is 7.11 Å². The molecule has 0 N–H and O–H groups in total. The van der Waals surface area contributed by atoms with Crippen LogP contribution in [-0.2, 0) is 19.7 Å². The predicted octanol–water partition coefficient (Wildman–Crippen LogP) is 1.87. The van der Waals surface area contributed by atoms with Crippen molar-refractivity contribution >= 4 is 17.6 Å². The van der Waals surface area contributed by atoms with Crippen LogP contribution in [0.25, 0.3) is 0 Å². The fourth-order valence-electron chi connectivity index (χ4n) is 2.61. The van der Waals surface area contributed by atoms with Gasteiger partial charge >= 0.3 is 5.97 Å². The molecule has 1 aromatic carbocycles. The summed E-state index contributed by atoms with van der Waals surface area (Å²) in [5.74, 6) is -2.29. The molecule has 0 saturated heterocycles. The van der Waals surface area contributed by atoms with Crippen molar-refractivity contribution in [1.29, 1.82) is 0 Å². The average molecular weight is 265 g/mol. The molecule has 1 unspecified atom stereocenters. The van der Waals surface area contributed by atoms with Gasteiger partial charge in [0.25, 0.3) is 0 Å². The Morgan fingerprint density at radius 1 is 1.42 bits per heavy atom. The molecule has 0 aromatic heterocycles. The van der Waals surface area contributed by atoms with Crippen LogP contribution in [0.15, 0.2) is 18.2 Å². The third-order valence-electron chi connectivity index (χ3n) is 3.75. The molecule has 5 heteroatoms. The summed E-state index contributed by atoms with van der Waals surface area (Å²) in [6, 6.07) is 4.23. The van der Waals surface area contributed by atoms with E-state index in [1.54, 1.807) is 27.0 Å². The summed E-state index contributed by atoms with van der Waals surface area (Å²) in [4.78, 5) is 25.6. The predicted molar refractivity (Wildman–Crippen MR) is 68.3 cm³/mol. The molecule has 102 valence electrons. The van der Waals surface area contributed by atoms with Crippen LogP contribution in [0.3, 0.4) is 0 Å². The standard InChI is InChI=1S/C14H16FNO3/c1-14(2)9-7-8(15)5-6-10(9)16(3)12(17)11(14)13(18)19-4/h5-7,11H,1-4H3. The van der Waals surface area contributed by atoms with Gasteiger partial charge in [-0.1, -0.05) is 13.8 Å². The average Bonchev–Trinajstić information content (AvgIpc) is 2.36. The molecule has 0 spiro atoms. The number of esters is 1. The van der Waals surface area contributed by atoms with Crippen LogP contribution in [0.4, 0.5) is 10.1 Å². The molecule has 1 aromatic rings. The first kappa shape index (κ1) is 13.5. The van der Waals surface area contributed by atoms with E-state index >= 15 is 0 Å². The molecule has 1 aliphatic heterocycles. The van der Waals surface area contributed by atoms with Gasteiger partial charge in [-0.2, -0.15) is 0 Å². The van der Waals surface area contributed by atoms with Gasteiger partial charge in [0.15, 0.2) is 0 Å². The van der Waals surface area contributed by atoms with Crippen LogP contribution in [-0.4, -0.2) is 26.0 Å². The number of hydrogen-bond donors (Lipinski definition) is 0. The highest BCUT2D eigenvalue weighted by Crippen LogP contribution is 2.43. The third kappa shape index (κ3) is 1.89. The maximum atomic E-state index is 13.5. The van der Waals surface area contributed by atoms with Crippen molar-refractivity contribution < 1.29 is 18.7 Å². The molecular weight excluding hydrogens is 249 g/mol. The van der Waals surface area contributed by atoms with Crippen LogP contribution < -0.4 is 4.90 Å². The van der Waals surface area contributed by atoms with Crippen LogP contribution in [0.2, 0.25) is 0 Å². The van der Waals surface area contributed by atoms with E-state index in [1.807, 2.05) is 0 Å². The molecule has 1 amide bonds. The summed E-state index contributed by atoms with van der Waals surface area (Å²) < 4.78 is 18.2. The summed E-state index contributed by atoms with van der Waals surface area (Å²) in [5, 5.41) is 0. The van der Waals surface area contributed by atoms with E-state index in [2.05, 4.69) is 0 Å². The third-order valence-corrected chi connectivity index (χ3v) is 3.75. The van der Waals surface area contributed by atoms with Crippen molar-refractivity contribution in [3.8, 4) is 0 Å². The lowest BCUT2D eigenvalue weighted by Gasteiger charge is -2.41. The van der Waals surface area contributed by atoms with Gasteiger partial charge in [0.1, 0.15) is 11.7 Å². The molecule has 0 saturated carbocycles.